The highest BCUT2D eigenvalue weighted by molar-refractivity contribution is 5.82. The summed E-state index contributed by atoms with van der Waals surface area (Å²) in [5.74, 6) is -0.181. The summed E-state index contributed by atoms with van der Waals surface area (Å²) in [5.41, 5.74) is 0. The molecule has 1 fully saturated rings. The highest BCUT2D eigenvalue weighted by Gasteiger charge is 2.23. The van der Waals surface area contributed by atoms with Crippen molar-refractivity contribution in [3.63, 3.8) is 0 Å². The number of hydrogen-bond acceptors (Lipinski definition) is 2. The number of carbonyl (C=O) groups excluding carboxylic acids is 1. The number of carbonyl (C=O) groups is 2. The first kappa shape index (κ1) is 15.8. The Kier molecular flexibility index (Phi) is 6.67. The van der Waals surface area contributed by atoms with Crippen LogP contribution in [-0.2, 0) is 4.79 Å². The van der Waals surface area contributed by atoms with Crippen molar-refractivity contribution in [2.75, 3.05) is 0 Å². The SMILES string of the molecule is CCC[C@@H](NC(=O)NC1CCC(CC)CC1)C(=O)O. The Morgan fingerprint density at radius 3 is 2.32 bits per heavy atom. The van der Waals surface area contributed by atoms with Gasteiger partial charge in [0, 0.05) is 6.04 Å². The molecule has 0 aromatic carbocycles. The zero-order valence-corrected chi connectivity index (χ0v) is 11.9. The smallest absolute Gasteiger partial charge is 0.326 e. The number of rotatable bonds is 6. The molecule has 0 saturated heterocycles. The molecule has 1 saturated carbocycles. The minimum absolute atomic E-state index is 0.193. The number of amides is 2. The summed E-state index contributed by atoms with van der Waals surface area (Å²) in [6.07, 6.45) is 6.70. The molecule has 0 aromatic rings. The van der Waals surface area contributed by atoms with Crippen LogP contribution in [0.1, 0.15) is 58.8 Å². The molecule has 5 nitrogen and oxygen atoms in total. The molecule has 3 N–H and O–H groups in total. The minimum Gasteiger partial charge on any atom is -0.480 e. The minimum atomic E-state index is -0.966. The molecule has 1 atom stereocenters. The number of aliphatic carboxylic acids is 1. The summed E-state index contributed by atoms with van der Waals surface area (Å²) in [6.45, 7) is 4.11. The lowest BCUT2D eigenvalue weighted by atomic mass is 9.85. The normalized spacial score (nSPS) is 24.5. The molecular weight excluding hydrogens is 244 g/mol. The molecule has 1 rings (SSSR count). The topological polar surface area (TPSA) is 78.4 Å². The van der Waals surface area contributed by atoms with Gasteiger partial charge in [0.05, 0.1) is 0 Å². The van der Waals surface area contributed by atoms with Gasteiger partial charge in [-0.05, 0) is 38.0 Å². The predicted octanol–water partition coefficient (Wildman–Crippen LogP) is 2.51. The van der Waals surface area contributed by atoms with Crippen LogP contribution in [0.5, 0.6) is 0 Å². The van der Waals surface area contributed by atoms with Gasteiger partial charge in [-0.25, -0.2) is 9.59 Å². The van der Waals surface area contributed by atoms with Crippen LogP contribution in [0.15, 0.2) is 0 Å². The van der Waals surface area contributed by atoms with Crippen molar-refractivity contribution in [2.45, 2.75) is 70.9 Å². The average molecular weight is 270 g/mol. The van der Waals surface area contributed by atoms with Gasteiger partial charge in [0.25, 0.3) is 0 Å². The predicted molar refractivity (Wildman–Crippen MR) is 74.0 cm³/mol. The van der Waals surface area contributed by atoms with E-state index in [0.29, 0.717) is 6.42 Å². The third-order valence-electron chi connectivity index (χ3n) is 3.94. The van der Waals surface area contributed by atoms with Crippen LogP contribution < -0.4 is 10.6 Å². The van der Waals surface area contributed by atoms with E-state index in [-0.39, 0.29) is 12.1 Å². The van der Waals surface area contributed by atoms with E-state index in [2.05, 4.69) is 17.6 Å². The summed E-state index contributed by atoms with van der Waals surface area (Å²) in [4.78, 5) is 22.7. The molecule has 0 spiro atoms. The van der Waals surface area contributed by atoms with Gasteiger partial charge in [-0.15, -0.1) is 0 Å². The number of hydrogen-bond donors (Lipinski definition) is 3. The Labute approximate surface area is 115 Å². The van der Waals surface area contributed by atoms with Crippen LogP contribution in [0.25, 0.3) is 0 Å². The van der Waals surface area contributed by atoms with Crippen LogP contribution in [0.4, 0.5) is 4.79 Å². The van der Waals surface area contributed by atoms with E-state index in [1.54, 1.807) is 0 Å². The maximum Gasteiger partial charge on any atom is 0.326 e. The fraction of sp³-hybridized carbons (Fsp3) is 0.857. The van der Waals surface area contributed by atoms with Gasteiger partial charge in [0.1, 0.15) is 6.04 Å². The lowest BCUT2D eigenvalue weighted by Crippen LogP contribution is -2.49. The van der Waals surface area contributed by atoms with Crippen molar-refractivity contribution in [2.24, 2.45) is 5.92 Å². The molecule has 5 heteroatoms. The number of carboxylic acids is 1. The first-order valence-corrected chi connectivity index (χ1v) is 7.36. The molecule has 19 heavy (non-hydrogen) atoms. The molecule has 0 aromatic heterocycles. The second-order valence-electron chi connectivity index (χ2n) is 5.42. The van der Waals surface area contributed by atoms with E-state index in [1.807, 2.05) is 6.92 Å². The van der Waals surface area contributed by atoms with E-state index in [4.69, 9.17) is 5.11 Å². The average Bonchev–Trinajstić information content (AvgIpc) is 2.39. The molecule has 0 bridgehead atoms. The monoisotopic (exact) mass is 270 g/mol. The summed E-state index contributed by atoms with van der Waals surface area (Å²) in [5, 5.41) is 14.4. The van der Waals surface area contributed by atoms with Crippen molar-refractivity contribution in [3.05, 3.63) is 0 Å². The van der Waals surface area contributed by atoms with E-state index in [9.17, 15) is 9.59 Å². The van der Waals surface area contributed by atoms with Gasteiger partial charge in [-0.1, -0.05) is 26.7 Å². The molecule has 1 aliphatic rings. The highest BCUT2D eigenvalue weighted by atomic mass is 16.4. The zero-order valence-electron chi connectivity index (χ0n) is 11.9. The number of nitrogens with one attached hydrogen (secondary N) is 2. The van der Waals surface area contributed by atoms with Crippen molar-refractivity contribution >= 4 is 12.0 Å². The van der Waals surface area contributed by atoms with Crippen LogP contribution in [0.2, 0.25) is 0 Å². The van der Waals surface area contributed by atoms with Gasteiger partial charge in [-0.2, -0.15) is 0 Å². The van der Waals surface area contributed by atoms with E-state index < -0.39 is 12.0 Å². The standard InChI is InChI=1S/C14H26N2O3/c1-3-5-12(13(17)18)16-14(19)15-11-8-6-10(4-2)7-9-11/h10-12H,3-9H2,1-2H3,(H,17,18)(H2,15,16,19)/t10?,11?,12-/m1/s1. The molecular formula is C14H26N2O3. The van der Waals surface area contributed by atoms with Crippen molar-refractivity contribution in [1.82, 2.24) is 10.6 Å². The van der Waals surface area contributed by atoms with Gasteiger partial charge < -0.3 is 15.7 Å². The number of carboxylic acid groups (broad SMARTS) is 1. The molecule has 0 heterocycles. The Morgan fingerprint density at radius 1 is 1.21 bits per heavy atom. The molecule has 2 amide bonds. The fourth-order valence-electron chi connectivity index (χ4n) is 2.65. The molecule has 1 aliphatic carbocycles. The Bertz CT molecular complexity index is 299. The highest BCUT2D eigenvalue weighted by Crippen LogP contribution is 2.26. The second kappa shape index (κ2) is 8.02. The summed E-state index contributed by atoms with van der Waals surface area (Å²) < 4.78 is 0. The van der Waals surface area contributed by atoms with E-state index in [1.165, 1.54) is 6.42 Å². The maximum absolute atomic E-state index is 11.8. The summed E-state index contributed by atoms with van der Waals surface area (Å²) in [7, 11) is 0. The molecule has 110 valence electrons. The van der Waals surface area contributed by atoms with Crippen molar-refractivity contribution in [3.8, 4) is 0 Å². The third kappa shape index (κ3) is 5.49. The van der Waals surface area contributed by atoms with E-state index >= 15 is 0 Å². The summed E-state index contributed by atoms with van der Waals surface area (Å²) in [6, 6.07) is -0.934. The van der Waals surface area contributed by atoms with E-state index in [0.717, 1.165) is 38.0 Å². The van der Waals surface area contributed by atoms with Crippen LogP contribution in [-0.4, -0.2) is 29.2 Å². The maximum atomic E-state index is 11.8. The Morgan fingerprint density at radius 2 is 1.84 bits per heavy atom. The molecule has 0 radical (unpaired) electrons. The second-order valence-corrected chi connectivity index (χ2v) is 5.42. The van der Waals surface area contributed by atoms with Crippen LogP contribution >= 0.6 is 0 Å². The number of urea groups is 1. The first-order valence-electron chi connectivity index (χ1n) is 7.36. The third-order valence-corrected chi connectivity index (χ3v) is 3.94. The Balaban J connectivity index is 2.32. The summed E-state index contributed by atoms with van der Waals surface area (Å²) >= 11 is 0. The lowest BCUT2D eigenvalue weighted by Gasteiger charge is -2.28. The first-order chi connectivity index (χ1) is 9.06. The van der Waals surface area contributed by atoms with Crippen LogP contribution in [0.3, 0.4) is 0 Å². The van der Waals surface area contributed by atoms with Gasteiger partial charge >= 0.3 is 12.0 Å². The van der Waals surface area contributed by atoms with Crippen molar-refractivity contribution in [1.29, 1.82) is 0 Å². The molecule has 0 aliphatic heterocycles. The van der Waals surface area contributed by atoms with Crippen LogP contribution in [0, 0.1) is 5.92 Å². The van der Waals surface area contributed by atoms with Crippen molar-refractivity contribution < 1.29 is 14.7 Å². The van der Waals surface area contributed by atoms with Gasteiger partial charge in [0.2, 0.25) is 0 Å². The zero-order chi connectivity index (χ0) is 14.3. The Hall–Kier alpha value is -1.26. The lowest BCUT2D eigenvalue weighted by molar-refractivity contribution is -0.139. The van der Waals surface area contributed by atoms with Gasteiger partial charge in [-0.3, -0.25) is 0 Å². The molecule has 0 unspecified atom stereocenters. The quantitative estimate of drug-likeness (QED) is 0.694. The van der Waals surface area contributed by atoms with Gasteiger partial charge in [0.15, 0.2) is 0 Å². The fourth-order valence-corrected chi connectivity index (χ4v) is 2.65. The largest absolute Gasteiger partial charge is 0.480 e.